The number of benzene rings is 1. The van der Waals surface area contributed by atoms with E-state index < -0.39 is 23.1 Å². The number of aliphatic carboxylic acids is 1. The third kappa shape index (κ3) is 4.08. The number of nitrogens with zero attached hydrogens (tertiary/aromatic N) is 5. The number of carbonyl (C=O) groups is 1. The summed E-state index contributed by atoms with van der Waals surface area (Å²) in [4.78, 5) is 46.3. The molecule has 2 atom stereocenters. The van der Waals surface area contributed by atoms with Gasteiger partial charge in [-0.15, -0.1) is 0 Å². The van der Waals surface area contributed by atoms with Crippen LogP contribution in [0.25, 0.3) is 11.2 Å². The van der Waals surface area contributed by atoms with Crippen LogP contribution in [0.3, 0.4) is 0 Å². The minimum absolute atomic E-state index is 0.0200. The molecule has 35 heavy (non-hydrogen) atoms. The molecule has 0 radical (unpaired) electrons. The topological polar surface area (TPSA) is 124 Å². The highest BCUT2D eigenvalue weighted by Crippen LogP contribution is 2.47. The molecule has 1 aromatic carbocycles. The van der Waals surface area contributed by atoms with Gasteiger partial charge in [0.1, 0.15) is 0 Å². The number of anilines is 2. The lowest BCUT2D eigenvalue weighted by molar-refractivity contribution is -0.138. The molecule has 3 heterocycles. The molecule has 0 bridgehead atoms. The van der Waals surface area contributed by atoms with Crippen molar-refractivity contribution in [3.8, 4) is 0 Å². The number of imidazole rings is 1. The first-order valence-electron chi connectivity index (χ1n) is 10.7. The zero-order valence-electron chi connectivity index (χ0n) is 18.7. The molecule has 0 spiro atoms. The molecular formula is C23H20Cl2N6O4. The minimum atomic E-state index is -0.830. The molecule has 0 amide bonds. The third-order valence-electron chi connectivity index (χ3n) is 6.21. The largest absolute Gasteiger partial charge is 0.481 e. The number of rotatable bonds is 6. The van der Waals surface area contributed by atoms with Gasteiger partial charge in [-0.1, -0.05) is 29.3 Å². The fourth-order valence-electron chi connectivity index (χ4n) is 4.17. The van der Waals surface area contributed by atoms with Gasteiger partial charge in [0.15, 0.2) is 11.2 Å². The van der Waals surface area contributed by atoms with Gasteiger partial charge in [0, 0.05) is 37.6 Å². The van der Waals surface area contributed by atoms with E-state index in [1.807, 2.05) is 0 Å². The Kier molecular flexibility index (Phi) is 5.65. The summed E-state index contributed by atoms with van der Waals surface area (Å²) in [7, 11) is 3.23. The predicted octanol–water partition coefficient (Wildman–Crippen LogP) is 3.12. The Hall–Kier alpha value is -3.63. The van der Waals surface area contributed by atoms with E-state index in [1.54, 1.807) is 55.2 Å². The van der Waals surface area contributed by atoms with Crippen molar-refractivity contribution in [3.05, 3.63) is 78.7 Å². The van der Waals surface area contributed by atoms with Gasteiger partial charge in [0.05, 0.1) is 22.5 Å². The minimum Gasteiger partial charge on any atom is -0.481 e. The second-order valence-electron chi connectivity index (χ2n) is 8.53. The SMILES string of the molecule is Cn1c(Nc2ccnc(C3CC3C(=O)O)c2)nc2c1c(=O)n(Cc1ccc(Cl)c(Cl)c1)c(=O)n2C. The Morgan fingerprint density at radius 1 is 1.14 bits per heavy atom. The van der Waals surface area contributed by atoms with Gasteiger partial charge in [-0.05, 0) is 36.2 Å². The summed E-state index contributed by atoms with van der Waals surface area (Å²) in [5.74, 6) is -1.02. The van der Waals surface area contributed by atoms with Crippen molar-refractivity contribution in [2.75, 3.05) is 5.32 Å². The van der Waals surface area contributed by atoms with Crippen LogP contribution < -0.4 is 16.6 Å². The second kappa shape index (κ2) is 8.54. The van der Waals surface area contributed by atoms with Crippen molar-refractivity contribution >= 4 is 52.0 Å². The lowest BCUT2D eigenvalue weighted by atomic mass is 10.2. The molecule has 5 rings (SSSR count). The molecule has 1 saturated carbocycles. The van der Waals surface area contributed by atoms with Crippen LogP contribution in [0.2, 0.25) is 10.0 Å². The van der Waals surface area contributed by atoms with E-state index in [1.165, 1.54) is 4.57 Å². The Bertz CT molecular complexity index is 1620. The van der Waals surface area contributed by atoms with E-state index in [2.05, 4.69) is 15.3 Å². The molecule has 3 aromatic heterocycles. The van der Waals surface area contributed by atoms with Crippen LogP contribution in [-0.4, -0.2) is 34.7 Å². The highest BCUT2D eigenvalue weighted by Gasteiger charge is 2.45. The first-order valence-corrected chi connectivity index (χ1v) is 11.5. The van der Waals surface area contributed by atoms with Crippen LogP contribution in [-0.2, 0) is 25.4 Å². The number of nitrogens with one attached hydrogen (secondary N) is 1. The van der Waals surface area contributed by atoms with Gasteiger partial charge in [-0.2, -0.15) is 4.98 Å². The summed E-state index contributed by atoms with van der Waals surface area (Å²) in [6, 6.07) is 8.43. The molecule has 1 aliphatic rings. The number of fused-ring (bicyclic) bond motifs is 1. The van der Waals surface area contributed by atoms with Gasteiger partial charge < -0.3 is 15.0 Å². The van der Waals surface area contributed by atoms with Crippen molar-refractivity contribution in [2.24, 2.45) is 20.0 Å². The van der Waals surface area contributed by atoms with Crippen molar-refractivity contribution in [1.29, 1.82) is 0 Å². The average molecular weight is 515 g/mol. The first kappa shape index (κ1) is 23.1. The average Bonchev–Trinajstić information content (AvgIpc) is 3.57. The quantitative estimate of drug-likeness (QED) is 0.405. The number of hydrogen-bond donors (Lipinski definition) is 2. The van der Waals surface area contributed by atoms with E-state index in [9.17, 15) is 19.5 Å². The van der Waals surface area contributed by atoms with Gasteiger partial charge in [0.25, 0.3) is 5.56 Å². The van der Waals surface area contributed by atoms with Crippen LogP contribution in [0.1, 0.15) is 23.6 Å². The number of pyridine rings is 1. The summed E-state index contributed by atoms with van der Waals surface area (Å²) in [5.41, 5.74) is 1.45. The smallest absolute Gasteiger partial charge is 0.332 e. The third-order valence-corrected chi connectivity index (χ3v) is 6.95. The summed E-state index contributed by atoms with van der Waals surface area (Å²) >= 11 is 12.1. The molecule has 4 aromatic rings. The second-order valence-corrected chi connectivity index (χ2v) is 9.34. The summed E-state index contributed by atoms with van der Waals surface area (Å²) in [5, 5.41) is 13.1. The maximum atomic E-state index is 13.3. The summed E-state index contributed by atoms with van der Waals surface area (Å²) < 4.78 is 4.02. The number of aryl methyl sites for hydroxylation is 2. The Balaban J connectivity index is 1.52. The fraction of sp³-hybridized carbons (Fsp3) is 0.261. The highest BCUT2D eigenvalue weighted by molar-refractivity contribution is 6.42. The van der Waals surface area contributed by atoms with Crippen molar-refractivity contribution in [2.45, 2.75) is 18.9 Å². The molecule has 12 heteroatoms. The van der Waals surface area contributed by atoms with Gasteiger partial charge in [-0.3, -0.25) is 23.7 Å². The van der Waals surface area contributed by atoms with Gasteiger partial charge >= 0.3 is 11.7 Å². The van der Waals surface area contributed by atoms with Crippen LogP contribution in [0.15, 0.2) is 46.1 Å². The molecule has 2 unspecified atom stereocenters. The number of hydrogen-bond acceptors (Lipinski definition) is 6. The Morgan fingerprint density at radius 3 is 2.60 bits per heavy atom. The lowest BCUT2D eigenvalue weighted by Crippen LogP contribution is -2.39. The standard InChI is InChI=1S/C23H20Cl2N6O4/c1-29-18-19(28-22(29)27-12-5-6-26-17(8-12)13-9-14(13)21(33)34)30(2)23(35)31(20(18)32)10-11-3-4-15(24)16(25)7-11/h3-8,13-14H,9-10H2,1-2H3,(H,33,34)(H,26,27,28). The van der Waals surface area contributed by atoms with E-state index in [0.29, 0.717) is 39.4 Å². The molecule has 0 aliphatic heterocycles. The first-order chi connectivity index (χ1) is 16.7. The summed E-state index contributed by atoms with van der Waals surface area (Å²) in [6.07, 6.45) is 2.15. The van der Waals surface area contributed by atoms with Gasteiger partial charge in [-0.25, -0.2) is 4.79 Å². The maximum Gasteiger partial charge on any atom is 0.332 e. The monoisotopic (exact) mass is 514 g/mol. The van der Waals surface area contributed by atoms with E-state index in [4.69, 9.17) is 23.2 Å². The highest BCUT2D eigenvalue weighted by atomic mass is 35.5. The predicted molar refractivity (Wildman–Crippen MR) is 132 cm³/mol. The van der Waals surface area contributed by atoms with E-state index >= 15 is 0 Å². The summed E-state index contributed by atoms with van der Waals surface area (Å²) in [6.45, 7) is 0.0200. The number of aromatic nitrogens is 5. The Labute approximate surface area is 208 Å². The number of halogens is 2. The lowest BCUT2D eigenvalue weighted by Gasteiger charge is -2.10. The zero-order valence-corrected chi connectivity index (χ0v) is 20.2. The van der Waals surface area contributed by atoms with E-state index in [-0.39, 0.29) is 23.6 Å². The molecule has 180 valence electrons. The number of carboxylic acids is 1. The van der Waals surface area contributed by atoms with Crippen molar-refractivity contribution in [1.82, 2.24) is 23.7 Å². The van der Waals surface area contributed by atoms with Crippen molar-refractivity contribution < 1.29 is 9.90 Å². The molecule has 0 saturated heterocycles. The van der Waals surface area contributed by atoms with Crippen LogP contribution in [0.4, 0.5) is 11.6 Å². The maximum absolute atomic E-state index is 13.3. The zero-order chi connectivity index (χ0) is 25.0. The van der Waals surface area contributed by atoms with Crippen LogP contribution in [0, 0.1) is 5.92 Å². The van der Waals surface area contributed by atoms with Crippen LogP contribution in [0.5, 0.6) is 0 Å². The molecule has 2 N–H and O–H groups in total. The van der Waals surface area contributed by atoms with E-state index in [0.717, 1.165) is 4.57 Å². The van der Waals surface area contributed by atoms with Crippen LogP contribution >= 0.6 is 23.2 Å². The van der Waals surface area contributed by atoms with Crippen molar-refractivity contribution in [3.63, 3.8) is 0 Å². The fourth-order valence-corrected chi connectivity index (χ4v) is 4.49. The Morgan fingerprint density at radius 2 is 1.91 bits per heavy atom. The number of carboxylic acid groups (broad SMARTS) is 1. The molecule has 1 fully saturated rings. The molecular weight excluding hydrogens is 495 g/mol. The normalized spacial score (nSPS) is 17.0. The molecule has 10 nitrogen and oxygen atoms in total. The molecule has 1 aliphatic carbocycles. The van der Waals surface area contributed by atoms with Gasteiger partial charge in [0.2, 0.25) is 5.95 Å².